The van der Waals surface area contributed by atoms with E-state index in [0.29, 0.717) is 4.90 Å². The van der Waals surface area contributed by atoms with E-state index in [4.69, 9.17) is 0 Å². The van der Waals surface area contributed by atoms with E-state index in [1.807, 2.05) is 0 Å². The van der Waals surface area contributed by atoms with Crippen molar-refractivity contribution in [2.24, 2.45) is 5.92 Å². The zero-order valence-electron chi connectivity index (χ0n) is 15.7. The van der Waals surface area contributed by atoms with Crippen LogP contribution in [0.1, 0.15) is 34.6 Å². The molecule has 0 aliphatic heterocycles. The summed E-state index contributed by atoms with van der Waals surface area (Å²) in [7, 11) is -4.76. The van der Waals surface area contributed by atoms with Crippen LogP contribution in [0.25, 0.3) is 0 Å². The van der Waals surface area contributed by atoms with Crippen LogP contribution in [0.4, 0.5) is 0 Å². The first-order valence-electron chi connectivity index (χ1n) is 7.73. The van der Waals surface area contributed by atoms with Gasteiger partial charge in [-0.1, -0.05) is 33.6 Å². The molecule has 9 heteroatoms. The molecule has 0 aromatic heterocycles. The second kappa shape index (κ2) is 8.41. The summed E-state index contributed by atoms with van der Waals surface area (Å²) in [4.78, 5) is 38.6. The van der Waals surface area contributed by atoms with E-state index in [9.17, 15) is 27.4 Å². The summed E-state index contributed by atoms with van der Waals surface area (Å²) in [5.41, 5.74) is -1.59. The van der Waals surface area contributed by atoms with Crippen molar-refractivity contribution < 1.29 is 27.4 Å². The maximum absolute atomic E-state index is 12.9. The average molecular weight is 386 g/mol. The molecule has 0 heterocycles. The van der Waals surface area contributed by atoms with Crippen molar-refractivity contribution in [2.45, 2.75) is 45.5 Å². The van der Waals surface area contributed by atoms with Crippen molar-refractivity contribution in [2.75, 3.05) is 0 Å². The molecule has 0 saturated heterocycles. The quantitative estimate of drug-likeness (QED) is 0.527. The zero-order valence-corrected chi connectivity index (χ0v) is 16.5. The Morgan fingerprint density at radius 1 is 1.04 bits per heavy atom. The highest BCUT2D eigenvalue weighted by molar-refractivity contribution is 7.86. The molecule has 1 atom stereocenters. The van der Waals surface area contributed by atoms with Gasteiger partial charge in [0.15, 0.2) is 5.37 Å². The topological polar surface area (TPSA) is 112 Å². The van der Waals surface area contributed by atoms with E-state index < -0.39 is 50.4 Å². The van der Waals surface area contributed by atoms with Crippen molar-refractivity contribution in [1.29, 1.82) is 0 Å². The summed E-state index contributed by atoms with van der Waals surface area (Å²) in [5.74, 6) is -3.48. The van der Waals surface area contributed by atoms with Gasteiger partial charge in [0.05, 0.1) is 0 Å². The Morgan fingerprint density at radius 3 is 1.73 bits per heavy atom. The van der Waals surface area contributed by atoms with Gasteiger partial charge in [0.25, 0.3) is 27.8 Å². The fraction of sp³-hybridized carbons (Fsp3) is 0.471. The van der Waals surface area contributed by atoms with Gasteiger partial charge in [0.2, 0.25) is 0 Å². The largest absolute Gasteiger partial charge is 0.287 e. The minimum atomic E-state index is -4.76. The minimum absolute atomic E-state index is 0.532. The van der Waals surface area contributed by atoms with Crippen molar-refractivity contribution in [3.8, 4) is 0 Å². The van der Waals surface area contributed by atoms with Gasteiger partial charge in [-0.05, 0) is 38.8 Å². The van der Waals surface area contributed by atoms with Crippen LogP contribution in [0.5, 0.6) is 0 Å². The normalized spacial score (nSPS) is 12.9. The summed E-state index contributed by atoms with van der Waals surface area (Å²) in [5, 5.41) is -1.77. The molecule has 0 rings (SSSR count). The van der Waals surface area contributed by atoms with Gasteiger partial charge in [-0.3, -0.25) is 28.7 Å². The van der Waals surface area contributed by atoms with Gasteiger partial charge in [0, 0.05) is 5.54 Å². The summed E-state index contributed by atoms with van der Waals surface area (Å²) in [6.45, 7) is 17.7. The molecule has 0 fully saturated rings. The van der Waals surface area contributed by atoms with E-state index in [-0.39, 0.29) is 0 Å². The first-order valence-corrected chi connectivity index (χ1v) is 9.23. The molecule has 0 aromatic rings. The van der Waals surface area contributed by atoms with Crippen LogP contribution >= 0.6 is 0 Å². The van der Waals surface area contributed by atoms with Gasteiger partial charge in [-0.25, -0.2) is 0 Å². The first kappa shape index (κ1) is 23.7. The van der Waals surface area contributed by atoms with Gasteiger partial charge >= 0.3 is 0 Å². The fourth-order valence-corrected chi connectivity index (χ4v) is 3.53. The van der Waals surface area contributed by atoms with Crippen LogP contribution in [-0.2, 0) is 24.5 Å². The Bertz CT molecular complexity index is 731. The molecule has 1 unspecified atom stereocenters. The Hall–Kier alpha value is -2.26. The second-order valence-corrected chi connectivity index (χ2v) is 8.38. The molecule has 3 amide bonds. The van der Waals surface area contributed by atoms with Crippen LogP contribution in [0, 0.1) is 5.92 Å². The van der Waals surface area contributed by atoms with E-state index >= 15 is 0 Å². The number of hydrogen-bond acceptors (Lipinski definition) is 5. The van der Waals surface area contributed by atoms with E-state index in [1.54, 1.807) is 20.8 Å². The average Bonchev–Trinajstić information content (AvgIpc) is 2.47. The monoisotopic (exact) mass is 386 g/mol. The Labute approximate surface area is 154 Å². The standard InChI is InChI=1S/C17H26N2O6S/c1-9-13(20)18(16(11(3)4)26(23,24)25)12(5)15(22)19(14(21)10-2)17(6,7)8/h9-11,16H,1-2,5H2,3-4,6-8H3,(H,23,24,25). The lowest BCUT2D eigenvalue weighted by atomic mass is 10.0. The van der Waals surface area contributed by atoms with Gasteiger partial charge in [-0.15, -0.1) is 0 Å². The van der Waals surface area contributed by atoms with E-state index in [0.717, 1.165) is 17.1 Å². The maximum Gasteiger partial charge on any atom is 0.287 e. The molecule has 0 radical (unpaired) electrons. The number of amides is 3. The third kappa shape index (κ3) is 5.37. The highest BCUT2D eigenvalue weighted by Gasteiger charge is 2.42. The molecular formula is C17H26N2O6S. The summed E-state index contributed by atoms with van der Waals surface area (Å²) in [6.07, 6.45) is 1.70. The van der Waals surface area contributed by atoms with Crippen LogP contribution in [0.2, 0.25) is 0 Å². The van der Waals surface area contributed by atoms with Crippen molar-refractivity contribution in [1.82, 2.24) is 9.80 Å². The highest BCUT2D eigenvalue weighted by Crippen LogP contribution is 2.25. The smallest absolute Gasteiger partial charge is 0.284 e. The second-order valence-electron chi connectivity index (χ2n) is 6.86. The SMILES string of the molecule is C=CC(=O)N(C(=C)C(=O)N(C(=O)C=C)C(C)(C)C)C(C(C)C)S(=O)(=O)O. The molecule has 146 valence electrons. The van der Waals surface area contributed by atoms with Crippen molar-refractivity contribution in [3.63, 3.8) is 0 Å². The van der Waals surface area contributed by atoms with Crippen LogP contribution in [-0.4, -0.2) is 51.4 Å². The summed E-state index contributed by atoms with van der Waals surface area (Å²) >= 11 is 0. The third-order valence-corrected chi connectivity index (χ3v) is 4.71. The number of hydrogen-bond donors (Lipinski definition) is 1. The van der Waals surface area contributed by atoms with Gasteiger partial charge < -0.3 is 0 Å². The predicted octanol–water partition coefficient (Wildman–Crippen LogP) is 1.72. The zero-order chi connectivity index (χ0) is 21.0. The number of carbonyl (C=O) groups is 3. The summed E-state index contributed by atoms with van der Waals surface area (Å²) in [6, 6.07) is 0. The molecule has 0 spiro atoms. The lowest BCUT2D eigenvalue weighted by Gasteiger charge is -2.37. The Balaban J connectivity index is 6.38. The molecule has 0 aliphatic carbocycles. The number of nitrogens with zero attached hydrogens (tertiary/aromatic N) is 2. The summed E-state index contributed by atoms with van der Waals surface area (Å²) < 4.78 is 33.1. The first-order chi connectivity index (χ1) is 11.6. The highest BCUT2D eigenvalue weighted by atomic mass is 32.2. The lowest BCUT2D eigenvalue weighted by Crippen LogP contribution is -2.54. The van der Waals surface area contributed by atoms with Crippen molar-refractivity contribution in [3.05, 3.63) is 37.6 Å². The fourth-order valence-electron chi connectivity index (χ4n) is 2.34. The molecule has 0 aromatic carbocycles. The molecule has 0 aliphatic rings. The van der Waals surface area contributed by atoms with Crippen LogP contribution in [0.15, 0.2) is 37.6 Å². The Morgan fingerprint density at radius 2 is 1.46 bits per heavy atom. The van der Waals surface area contributed by atoms with E-state index in [2.05, 4.69) is 19.7 Å². The number of imide groups is 1. The van der Waals surface area contributed by atoms with E-state index in [1.165, 1.54) is 13.8 Å². The van der Waals surface area contributed by atoms with Crippen molar-refractivity contribution >= 4 is 27.8 Å². The molecule has 26 heavy (non-hydrogen) atoms. The number of carbonyl (C=O) groups excluding carboxylic acids is 3. The molecular weight excluding hydrogens is 360 g/mol. The third-order valence-electron chi connectivity index (χ3n) is 3.35. The minimum Gasteiger partial charge on any atom is -0.284 e. The Kier molecular flexibility index (Phi) is 7.68. The molecule has 1 N–H and O–H groups in total. The van der Waals surface area contributed by atoms with Crippen LogP contribution in [0.3, 0.4) is 0 Å². The van der Waals surface area contributed by atoms with Crippen LogP contribution < -0.4 is 0 Å². The molecule has 8 nitrogen and oxygen atoms in total. The predicted molar refractivity (Wildman–Crippen MR) is 98.2 cm³/mol. The van der Waals surface area contributed by atoms with Gasteiger partial charge in [0.1, 0.15) is 5.70 Å². The lowest BCUT2D eigenvalue weighted by molar-refractivity contribution is -0.147. The molecule has 0 bridgehead atoms. The molecule has 0 saturated carbocycles. The van der Waals surface area contributed by atoms with Gasteiger partial charge in [-0.2, -0.15) is 8.42 Å². The number of rotatable bonds is 7. The maximum atomic E-state index is 12.9.